The predicted molar refractivity (Wildman–Crippen MR) is 104 cm³/mol. The average molecular weight is 373 g/mol. The first-order valence-electron chi connectivity index (χ1n) is 7.73. The highest BCUT2D eigenvalue weighted by Crippen LogP contribution is 2.36. The number of methoxy groups -OCH3 is 1. The fourth-order valence-electron chi connectivity index (χ4n) is 2.95. The summed E-state index contributed by atoms with van der Waals surface area (Å²) in [7, 11) is 1.37. The number of thiocarbonyl (C=S) groups is 1. The van der Waals surface area contributed by atoms with Gasteiger partial charge in [0.05, 0.1) is 18.7 Å². The molecule has 0 fully saturated rings. The molecule has 6 heteroatoms. The summed E-state index contributed by atoms with van der Waals surface area (Å²) in [6.45, 7) is 1.86. The molecule has 4 nitrogen and oxygen atoms in total. The third-order valence-corrected chi connectivity index (χ3v) is 4.77. The molecule has 25 heavy (non-hydrogen) atoms. The summed E-state index contributed by atoms with van der Waals surface area (Å²) in [4.78, 5) is 14.4. The molecule has 1 aliphatic rings. The Balaban J connectivity index is 2.17. The van der Waals surface area contributed by atoms with E-state index in [-0.39, 0.29) is 0 Å². The van der Waals surface area contributed by atoms with Crippen molar-refractivity contribution in [2.45, 2.75) is 13.0 Å². The van der Waals surface area contributed by atoms with Crippen molar-refractivity contribution in [1.82, 2.24) is 5.32 Å². The molecule has 0 bridgehead atoms. The quantitative estimate of drug-likeness (QED) is 0.645. The molecule has 1 heterocycles. The Morgan fingerprint density at radius 1 is 1.16 bits per heavy atom. The summed E-state index contributed by atoms with van der Waals surface area (Å²) >= 11 is 11.9. The standard InChI is InChI=1S/C19H17ClN2O2S/c1-12-16(18(23)24-2)17(14-10-6-7-11-15(14)20)21-19(25)22(12)13-8-4-3-5-9-13/h3-11,17H,1-2H3,(H,21,25). The van der Waals surface area contributed by atoms with Crippen molar-refractivity contribution in [3.63, 3.8) is 0 Å². The lowest BCUT2D eigenvalue weighted by Gasteiger charge is -2.37. The Hall–Kier alpha value is -2.37. The lowest BCUT2D eigenvalue weighted by Crippen LogP contribution is -2.48. The van der Waals surface area contributed by atoms with Crippen molar-refractivity contribution in [3.05, 3.63) is 76.5 Å². The van der Waals surface area contributed by atoms with Gasteiger partial charge >= 0.3 is 5.97 Å². The molecule has 2 aromatic carbocycles. The molecule has 0 spiro atoms. The Kier molecular flexibility index (Phi) is 5.06. The van der Waals surface area contributed by atoms with E-state index in [0.717, 1.165) is 11.3 Å². The highest BCUT2D eigenvalue weighted by atomic mass is 35.5. The molecule has 1 aliphatic heterocycles. The van der Waals surface area contributed by atoms with Crippen molar-refractivity contribution in [2.24, 2.45) is 0 Å². The Bertz CT molecular complexity index is 852. The second kappa shape index (κ2) is 7.25. The molecular formula is C19H17ClN2O2S. The number of para-hydroxylation sites is 1. The van der Waals surface area contributed by atoms with Crippen LogP contribution in [0.2, 0.25) is 5.02 Å². The number of hydrogen-bond acceptors (Lipinski definition) is 3. The van der Waals surface area contributed by atoms with E-state index in [9.17, 15) is 4.79 Å². The van der Waals surface area contributed by atoms with Gasteiger partial charge in [-0.1, -0.05) is 48.0 Å². The van der Waals surface area contributed by atoms with E-state index in [4.69, 9.17) is 28.6 Å². The maximum absolute atomic E-state index is 12.5. The fraction of sp³-hybridized carbons (Fsp3) is 0.158. The number of carbonyl (C=O) groups excluding carboxylic acids is 1. The number of nitrogens with zero attached hydrogens (tertiary/aromatic N) is 1. The minimum Gasteiger partial charge on any atom is -0.466 e. The molecule has 0 saturated heterocycles. The van der Waals surface area contributed by atoms with Crippen LogP contribution in [0.25, 0.3) is 0 Å². The Labute approximate surface area is 157 Å². The minimum atomic E-state index is -0.464. The third kappa shape index (κ3) is 3.25. The highest BCUT2D eigenvalue weighted by Gasteiger charge is 2.35. The van der Waals surface area contributed by atoms with Gasteiger partial charge in [0.2, 0.25) is 0 Å². The van der Waals surface area contributed by atoms with E-state index < -0.39 is 12.0 Å². The van der Waals surface area contributed by atoms with Crippen LogP contribution in [0.4, 0.5) is 5.69 Å². The van der Waals surface area contributed by atoms with E-state index in [2.05, 4.69) is 5.32 Å². The van der Waals surface area contributed by atoms with E-state index >= 15 is 0 Å². The maximum atomic E-state index is 12.5. The number of allylic oxidation sites excluding steroid dienone is 1. The van der Waals surface area contributed by atoms with E-state index in [1.165, 1.54) is 7.11 Å². The molecule has 3 rings (SSSR count). The number of ether oxygens (including phenoxy) is 1. The summed E-state index contributed by atoms with van der Waals surface area (Å²) in [5.74, 6) is -0.418. The van der Waals surface area contributed by atoms with E-state index in [1.807, 2.05) is 60.4 Å². The number of hydrogen-bond donors (Lipinski definition) is 1. The van der Waals surface area contributed by atoms with Gasteiger partial charge < -0.3 is 10.1 Å². The normalized spacial score (nSPS) is 17.3. The van der Waals surface area contributed by atoms with Crippen LogP contribution in [0.5, 0.6) is 0 Å². The molecule has 2 aromatic rings. The number of nitrogens with one attached hydrogen (secondary N) is 1. The van der Waals surface area contributed by atoms with Crippen molar-refractivity contribution in [2.75, 3.05) is 12.0 Å². The molecular weight excluding hydrogens is 356 g/mol. The van der Waals surface area contributed by atoms with Gasteiger partial charge in [-0.2, -0.15) is 0 Å². The first-order valence-corrected chi connectivity index (χ1v) is 8.52. The first kappa shape index (κ1) is 17.5. The Morgan fingerprint density at radius 2 is 1.80 bits per heavy atom. The second-order valence-corrected chi connectivity index (χ2v) is 6.36. The van der Waals surface area contributed by atoms with Gasteiger partial charge in [0.1, 0.15) is 0 Å². The number of rotatable bonds is 3. The first-order chi connectivity index (χ1) is 12.0. The molecule has 0 radical (unpaired) electrons. The Morgan fingerprint density at radius 3 is 2.44 bits per heavy atom. The van der Waals surface area contributed by atoms with Crippen LogP contribution in [0.3, 0.4) is 0 Å². The molecule has 0 aromatic heterocycles. The highest BCUT2D eigenvalue weighted by molar-refractivity contribution is 7.80. The van der Waals surface area contributed by atoms with Gasteiger partial charge in [-0.15, -0.1) is 0 Å². The maximum Gasteiger partial charge on any atom is 0.337 e. The fourth-order valence-corrected chi connectivity index (χ4v) is 3.55. The van der Waals surface area contributed by atoms with Crippen molar-refractivity contribution < 1.29 is 9.53 Å². The summed E-state index contributed by atoms with van der Waals surface area (Å²) in [6.07, 6.45) is 0. The molecule has 0 amide bonds. The van der Waals surface area contributed by atoms with Crippen LogP contribution >= 0.6 is 23.8 Å². The monoisotopic (exact) mass is 372 g/mol. The van der Waals surface area contributed by atoms with Gasteiger partial charge in [-0.25, -0.2) is 4.79 Å². The molecule has 128 valence electrons. The molecule has 1 unspecified atom stereocenters. The number of halogens is 1. The summed E-state index contributed by atoms with van der Waals surface area (Å²) in [5, 5.41) is 4.29. The zero-order valence-electron chi connectivity index (χ0n) is 13.8. The summed E-state index contributed by atoms with van der Waals surface area (Å²) in [6, 6.07) is 16.5. The van der Waals surface area contributed by atoms with Gasteiger partial charge in [0.15, 0.2) is 5.11 Å². The molecule has 0 aliphatic carbocycles. The zero-order chi connectivity index (χ0) is 18.0. The van der Waals surface area contributed by atoms with Crippen LogP contribution in [-0.4, -0.2) is 18.2 Å². The zero-order valence-corrected chi connectivity index (χ0v) is 15.4. The third-order valence-electron chi connectivity index (χ3n) is 4.12. The summed E-state index contributed by atoms with van der Waals surface area (Å²) < 4.78 is 5.02. The molecule has 1 N–H and O–H groups in total. The second-order valence-electron chi connectivity index (χ2n) is 5.57. The average Bonchev–Trinajstić information content (AvgIpc) is 2.62. The molecule has 0 saturated carbocycles. The lowest BCUT2D eigenvalue weighted by molar-refractivity contribution is -0.136. The predicted octanol–water partition coefficient (Wildman–Crippen LogP) is 4.22. The van der Waals surface area contributed by atoms with Crippen molar-refractivity contribution >= 4 is 40.6 Å². The van der Waals surface area contributed by atoms with Gasteiger partial charge in [0.25, 0.3) is 0 Å². The number of anilines is 1. The smallest absolute Gasteiger partial charge is 0.337 e. The molecule has 1 atom stereocenters. The summed E-state index contributed by atoms with van der Waals surface area (Å²) in [5.41, 5.74) is 2.84. The lowest BCUT2D eigenvalue weighted by atomic mass is 9.94. The number of carbonyl (C=O) groups is 1. The van der Waals surface area contributed by atoms with Crippen LogP contribution in [0.1, 0.15) is 18.5 Å². The van der Waals surface area contributed by atoms with Crippen LogP contribution in [-0.2, 0) is 9.53 Å². The van der Waals surface area contributed by atoms with Gasteiger partial charge in [0, 0.05) is 16.4 Å². The van der Waals surface area contributed by atoms with Gasteiger partial charge in [-0.3, -0.25) is 4.90 Å². The number of esters is 1. The van der Waals surface area contributed by atoms with Gasteiger partial charge in [-0.05, 0) is 42.9 Å². The number of benzene rings is 2. The van der Waals surface area contributed by atoms with Crippen LogP contribution in [0, 0.1) is 0 Å². The van der Waals surface area contributed by atoms with Crippen molar-refractivity contribution in [1.29, 1.82) is 0 Å². The minimum absolute atomic E-state index is 0.418. The van der Waals surface area contributed by atoms with Crippen LogP contribution in [0.15, 0.2) is 65.9 Å². The largest absolute Gasteiger partial charge is 0.466 e. The van der Waals surface area contributed by atoms with E-state index in [1.54, 1.807) is 6.07 Å². The van der Waals surface area contributed by atoms with Crippen molar-refractivity contribution in [3.8, 4) is 0 Å². The topological polar surface area (TPSA) is 41.6 Å². The van der Waals surface area contributed by atoms with Crippen LogP contribution < -0.4 is 10.2 Å². The van der Waals surface area contributed by atoms with E-state index in [0.29, 0.717) is 21.4 Å². The SMILES string of the molecule is COC(=O)C1=C(C)N(c2ccccc2)C(=S)NC1c1ccccc1Cl.